The number of rotatable bonds is 3. The molecule has 0 bridgehead atoms. The number of fused-ring (bicyclic) bond motifs is 1. The van der Waals surface area contributed by atoms with Crippen molar-refractivity contribution in [1.82, 2.24) is 9.78 Å². The van der Waals surface area contributed by atoms with Crippen LogP contribution in [0.3, 0.4) is 0 Å². The van der Waals surface area contributed by atoms with Gasteiger partial charge in [0.25, 0.3) is 0 Å². The SMILES string of the molecule is Cc1nn(C)c(Cl)c1CC1(C(=O)O)Cc2ccccc2C1. The molecule has 0 amide bonds. The number of aromatic nitrogens is 2. The summed E-state index contributed by atoms with van der Waals surface area (Å²) >= 11 is 6.28. The van der Waals surface area contributed by atoms with Crippen LogP contribution in [0.4, 0.5) is 0 Å². The maximum atomic E-state index is 12.0. The number of hydrogen-bond acceptors (Lipinski definition) is 2. The lowest BCUT2D eigenvalue weighted by Crippen LogP contribution is -2.34. The fraction of sp³-hybridized carbons (Fsp3) is 0.375. The first-order valence-electron chi connectivity index (χ1n) is 6.91. The average Bonchev–Trinajstić information content (AvgIpc) is 2.93. The molecule has 1 aromatic heterocycles. The molecular formula is C16H17ClN2O2. The zero-order valence-electron chi connectivity index (χ0n) is 12.1. The highest BCUT2D eigenvalue weighted by Crippen LogP contribution is 2.41. The summed E-state index contributed by atoms with van der Waals surface area (Å²) in [5, 5.41) is 14.6. The first-order chi connectivity index (χ1) is 9.93. The van der Waals surface area contributed by atoms with Gasteiger partial charge in [0.2, 0.25) is 0 Å². The molecule has 21 heavy (non-hydrogen) atoms. The zero-order valence-corrected chi connectivity index (χ0v) is 12.8. The quantitative estimate of drug-likeness (QED) is 0.948. The number of hydrogen-bond donors (Lipinski definition) is 1. The van der Waals surface area contributed by atoms with Crippen molar-refractivity contribution in [3.05, 3.63) is 51.8 Å². The number of carboxylic acid groups (broad SMARTS) is 1. The van der Waals surface area contributed by atoms with E-state index in [2.05, 4.69) is 5.10 Å². The fourth-order valence-electron chi connectivity index (χ4n) is 3.26. The molecule has 0 unspecified atom stereocenters. The number of halogens is 1. The molecule has 4 nitrogen and oxygen atoms in total. The third kappa shape index (κ3) is 2.23. The van der Waals surface area contributed by atoms with E-state index >= 15 is 0 Å². The smallest absolute Gasteiger partial charge is 0.310 e. The maximum Gasteiger partial charge on any atom is 0.310 e. The first kappa shape index (κ1) is 14.1. The normalized spacial score (nSPS) is 16.0. The second-order valence-electron chi connectivity index (χ2n) is 5.86. The minimum absolute atomic E-state index is 0.412. The number of nitrogens with zero attached hydrogens (tertiary/aromatic N) is 2. The van der Waals surface area contributed by atoms with Gasteiger partial charge in [-0.3, -0.25) is 9.48 Å². The predicted molar refractivity (Wildman–Crippen MR) is 80.6 cm³/mol. The Labute approximate surface area is 128 Å². The summed E-state index contributed by atoms with van der Waals surface area (Å²) in [6.07, 6.45) is 1.50. The summed E-state index contributed by atoms with van der Waals surface area (Å²) in [5.74, 6) is -0.766. The van der Waals surface area contributed by atoms with Crippen molar-refractivity contribution in [3.8, 4) is 0 Å². The average molecular weight is 305 g/mol. The van der Waals surface area contributed by atoms with E-state index in [0.29, 0.717) is 24.4 Å². The Morgan fingerprint density at radius 2 is 1.95 bits per heavy atom. The molecule has 0 fully saturated rings. The lowest BCUT2D eigenvalue weighted by molar-refractivity contribution is -0.148. The Bertz CT molecular complexity index is 696. The van der Waals surface area contributed by atoms with Gasteiger partial charge >= 0.3 is 5.97 Å². The summed E-state index contributed by atoms with van der Waals surface area (Å²) in [4.78, 5) is 12.0. The van der Waals surface area contributed by atoms with Gasteiger partial charge < -0.3 is 5.11 Å². The van der Waals surface area contributed by atoms with E-state index in [9.17, 15) is 9.90 Å². The summed E-state index contributed by atoms with van der Waals surface area (Å²) in [7, 11) is 1.77. The second-order valence-corrected chi connectivity index (χ2v) is 6.22. The van der Waals surface area contributed by atoms with Gasteiger partial charge in [0.1, 0.15) is 5.15 Å². The molecule has 0 saturated carbocycles. The van der Waals surface area contributed by atoms with Crippen molar-refractivity contribution in [2.24, 2.45) is 12.5 Å². The number of carboxylic acids is 1. The molecule has 0 aliphatic heterocycles. The van der Waals surface area contributed by atoms with Crippen molar-refractivity contribution in [1.29, 1.82) is 0 Å². The van der Waals surface area contributed by atoms with Crippen molar-refractivity contribution < 1.29 is 9.90 Å². The summed E-state index contributed by atoms with van der Waals surface area (Å²) in [6.45, 7) is 1.87. The molecule has 5 heteroatoms. The molecule has 0 radical (unpaired) electrons. The Morgan fingerprint density at radius 1 is 1.38 bits per heavy atom. The van der Waals surface area contributed by atoms with E-state index in [4.69, 9.17) is 11.6 Å². The molecular weight excluding hydrogens is 288 g/mol. The molecule has 0 saturated heterocycles. The summed E-state index contributed by atoms with van der Waals surface area (Å²) in [6, 6.07) is 7.94. The van der Waals surface area contributed by atoms with Crippen LogP contribution in [-0.4, -0.2) is 20.9 Å². The van der Waals surface area contributed by atoms with Gasteiger partial charge in [0.15, 0.2) is 0 Å². The van der Waals surface area contributed by atoms with E-state index in [-0.39, 0.29) is 0 Å². The van der Waals surface area contributed by atoms with Gasteiger partial charge in [-0.1, -0.05) is 35.9 Å². The van der Waals surface area contributed by atoms with Crippen LogP contribution >= 0.6 is 11.6 Å². The second kappa shape index (κ2) is 4.88. The van der Waals surface area contributed by atoms with Gasteiger partial charge in [0, 0.05) is 12.6 Å². The topological polar surface area (TPSA) is 55.1 Å². The molecule has 110 valence electrons. The Morgan fingerprint density at radius 3 is 2.38 bits per heavy atom. The van der Waals surface area contributed by atoms with Crippen LogP contribution in [0.15, 0.2) is 24.3 Å². The number of aliphatic carboxylic acids is 1. The lowest BCUT2D eigenvalue weighted by Gasteiger charge is -2.23. The summed E-state index contributed by atoms with van der Waals surface area (Å²) < 4.78 is 1.60. The van der Waals surface area contributed by atoms with Crippen molar-refractivity contribution in [3.63, 3.8) is 0 Å². The van der Waals surface area contributed by atoms with Crippen LogP contribution in [0.25, 0.3) is 0 Å². The molecule has 2 aromatic rings. The predicted octanol–water partition coefficient (Wildman–Crippen LogP) is 2.79. The van der Waals surface area contributed by atoms with Gasteiger partial charge in [-0.15, -0.1) is 0 Å². The minimum atomic E-state index is -0.818. The summed E-state index contributed by atoms with van der Waals surface area (Å²) in [5.41, 5.74) is 3.07. The molecule has 1 heterocycles. The van der Waals surface area contributed by atoms with Crippen LogP contribution in [0.2, 0.25) is 5.15 Å². The molecule has 1 N–H and O–H groups in total. The van der Waals surface area contributed by atoms with Crippen molar-refractivity contribution in [2.75, 3.05) is 0 Å². The Balaban J connectivity index is 2.00. The number of benzene rings is 1. The van der Waals surface area contributed by atoms with Crippen LogP contribution in [0.1, 0.15) is 22.4 Å². The van der Waals surface area contributed by atoms with Crippen LogP contribution in [0, 0.1) is 12.3 Å². The standard InChI is InChI=1S/C16H17ClN2O2/c1-10-13(14(17)19(2)18-10)9-16(15(20)21)7-11-5-3-4-6-12(11)8-16/h3-6H,7-9H2,1-2H3,(H,20,21). The van der Waals surface area contributed by atoms with Crippen molar-refractivity contribution >= 4 is 17.6 Å². The van der Waals surface area contributed by atoms with Crippen LogP contribution in [0.5, 0.6) is 0 Å². The zero-order chi connectivity index (χ0) is 15.2. The van der Waals surface area contributed by atoms with Gasteiger partial charge in [-0.25, -0.2) is 0 Å². The molecule has 3 rings (SSSR count). The molecule has 1 aliphatic rings. The highest BCUT2D eigenvalue weighted by Gasteiger charge is 2.45. The first-order valence-corrected chi connectivity index (χ1v) is 7.29. The van der Waals surface area contributed by atoms with E-state index in [1.165, 1.54) is 0 Å². The van der Waals surface area contributed by atoms with Crippen molar-refractivity contribution in [2.45, 2.75) is 26.2 Å². The largest absolute Gasteiger partial charge is 0.481 e. The molecule has 0 spiro atoms. The van der Waals surface area contributed by atoms with Crippen LogP contribution in [-0.2, 0) is 31.1 Å². The Kier molecular flexibility index (Phi) is 3.29. The van der Waals surface area contributed by atoms with Gasteiger partial charge in [-0.05, 0) is 37.3 Å². The molecule has 1 aromatic carbocycles. The van der Waals surface area contributed by atoms with E-state index < -0.39 is 11.4 Å². The minimum Gasteiger partial charge on any atom is -0.481 e. The fourth-order valence-corrected chi connectivity index (χ4v) is 3.50. The number of aryl methyl sites for hydroxylation is 2. The molecule has 1 aliphatic carbocycles. The highest BCUT2D eigenvalue weighted by molar-refractivity contribution is 6.30. The van der Waals surface area contributed by atoms with E-state index in [1.807, 2.05) is 31.2 Å². The molecule has 0 atom stereocenters. The van der Waals surface area contributed by atoms with E-state index in [0.717, 1.165) is 22.4 Å². The van der Waals surface area contributed by atoms with E-state index in [1.54, 1.807) is 11.7 Å². The monoisotopic (exact) mass is 304 g/mol. The third-order valence-electron chi connectivity index (χ3n) is 4.41. The highest BCUT2D eigenvalue weighted by atomic mass is 35.5. The maximum absolute atomic E-state index is 12.0. The third-order valence-corrected chi connectivity index (χ3v) is 4.89. The van der Waals surface area contributed by atoms with Crippen LogP contribution < -0.4 is 0 Å². The lowest BCUT2D eigenvalue weighted by atomic mass is 9.79. The van der Waals surface area contributed by atoms with Gasteiger partial charge in [0.05, 0.1) is 11.1 Å². The number of carbonyl (C=O) groups is 1. The van der Waals surface area contributed by atoms with Gasteiger partial charge in [-0.2, -0.15) is 5.10 Å². The Hall–Kier alpha value is -1.81.